The van der Waals surface area contributed by atoms with E-state index in [-0.39, 0.29) is 17.6 Å². The zero-order chi connectivity index (χ0) is 14.5. The summed E-state index contributed by atoms with van der Waals surface area (Å²) in [5, 5.41) is 0. The lowest BCUT2D eigenvalue weighted by Gasteiger charge is -2.32. The molecule has 1 aliphatic rings. The molecule has 1 aliphatic heterocycles. The summed E-state index contributed by atoms with van der Waals surface area (Å²) in [7, 11) is 0. The molecule has 1 saturated heterocycles. The fraction of sp³-hybridized carbons (Fsp3) is 0.500. The first-order valence-corrected chi connectivity index (χ1v) is 7.86. The molecule has 0 saturated carbocycles. The number of amides is 1. The average molecular weight is 365 g/mol. The summed E-state index contributed by atoms with van der Waals surface area (Å²) < 4.78 is 20.0. The van der Waals surface area contributed by atoms with Crippen LogP contribution in [0.5, 0.6) is 0 Å². The minimum Gasteiger partial charge on any atom is -0.377 e. The molecule has 2 rings (SSSR count). The van der Waals surface area contributed by atoms with Gasteiger partial charge in [-0.05, 0) is 31.0 Å². The quantitative estimate of drug-likeness (QED) is 0.766. The van der Waals surface area contributed by atoms with E-state index >= 15 is 0 Å². The third kappa shape index (κ3) is 3.93. The zero-order valence-electron chi connectivity index (χ0n) is 10.9. The first-order chi connectivity index (χ1) is 9.61. The Balaban J connectivity index is 1.94. The lowest BCUT2D eigenvalue weighted by Crippen LogP contribution is -2.41. The first-order valence-electron chi connectivity index (χ1n) is 6.53. The van der Waals surface area contributed by atoms with E-state index in [2.05, 4.69) is 15.9 Å². The SMILES string of the molecule is O=C(c1ccc(Br)cc1F)N1CCC(OCCCl)CC1. The van der Waals surface area contributed by atoms with Crippen LogP contribution in [0.4, 0.5) is 4.39 Å². The number of piperidine rings is 1. The summed E-state index contributed by atoms with van der Waals surface area (Å²) >= 11 is 8.76. The second-order valence-corrected chi connectivity index (χ2v) is 5.97. The summed E-state index contributed by atoms with van der Waals surface area (Å²) in [6, 6.07) is 4.49. The van der Waals surface area contributed by atoms with Gasteiger partial charge in [0, 0.05) is 23.4 Å². The monoisotopic (exact) mass is 363 g/mol. The number of halogens is 3. The number of carbonyl (C=O) groups is 1. The van der Waals surface area contributed by atoms with Gasteiger partial charge in [0.1, 0.15) is 5.82 Å². The van der Waals surface area contributed by atoms with Crippen molar-refractivity contribution in [2.24, 2.45) is 0 Å². The second kappa shape index (κ2) is 7.38. The second-order valence-electron chi connectivity index (χ2n) is 4.68. The van der Waals surface area contributed by atoms with Crippen LogP contribution in [0, 0.1) is 5.82 Å². The largest absolute Gasteiger partial charge is 0.377 e. The van der Waals surface area contributed by atoms with E-state index in [0.29, 0.717) is 30.0 Å². The summed E-state index contributed by atoms with van der Waals surface area (Å²) in [6.45, 7) is 1.70. The molecule has 110 valence electrons. The number of carbonyl (C=O) groups excluding carboxylic acids is 1. The Kier molecular flexibility index (Phi) is 5.81. The van der Waals surface area contributed by atoms with Crippen LogP contribution in [0.1, 0.15) is 23.2 Å². The molecule has 0 aliphatic carbocycles. The minimum absolute atomic E-state index is 0.119. The Morgan fingerprint density at radius 3 is 2.75 bits per heavy atom. The molecule has 0 spiro atoms. The molecule has 0 atom stereocenters. The lowest BCUT2D eigenvalue weighted by molar-refractivity contribution is 0.0153. The molecule has 1 aromatic carbocycles. The van der Waals surface area contributed by atoms with Crippen LogP contribution in [-0.2, 0) is 4.74 Å². The van der Waals surface area contributed by atoms with Gasteiger partial charge in [0.15, 0.2) is 0 Å². The molecule has 0 bridgehead atoms. The van der Waals surface area contributed by atoms with Gasteiger partial charge in [-0.3, -0.25) is 4.79 Å². The van der Waals surface area contributed by atoms with Gasteiger partial charge in [-0.25, -0.2) is 4.39 Å². The van der Waals surface area contributed by atoms with Gasteiger partial charge >= 0.3 is 0 Å². The van der Waals surface area contributed by atoms with Crippen molar-refractivity contribution in [2.75, 3.05) is 25.6 Å². The van der Waals surface area contributed by atoms with E-state index in [4.69, 9.17) is 16.3 Å². The van der Waals surface area contributed by atoms with Crippen LogP contribution < -0.4 is 0 Å². The van der Waals surface area contributed by atoms with Crippen LogP contribution in [-0.4, -0.2) is 42.5 Å². The normalized spacial score (nSPS) is 16.4. The molecule has 1 amide bonds. The molecule has 3 nitrogen and oxygen atoms in total. The molecule has 0 unspecified atom stereocenters. The Hall–Kier alpha value is -0.650. The Labute approximate surface area is 131 Å². The molecule has 1 aromatic rings. The predicted molar refractivity (Wildman–Crippen MR) is 79.7 cm³/mol. The maximum atomic E-state index is 13.8. The number of ether oxygens (including phenoxy) is 1. The van der Waals surface area contributed by atoms with Gasteiger partial charge in [0.05, 0.1) is 18.3 Å². The smallest absolute Gasteiger partial charge is 0.256 e. The average Bonchev–Trinajstić information content (AvgIpc) is 2.45. The molecule has 0 N–H and O–H groups in total. The van der Waals surface area contributed by atoms with Crippen molar-refractivity contribution in [3.8, 4) is 0 Å². The van der Waals surface area contributed by atoms with Crippen molar-refractivity contribution >= 4 is 33.4 Å². The molecule has 6 heteroatoms. The maximum Gasteiger partial charge on any atom is 0.256 e. The van der Waals surface area contributed by atoms with Gasteiger partial charge in [-0.1, -0.05) is 15.9 Å². The van der Waals surface area contributed by atoms with E-state index in [1.807, 2.05) is 0 Å². The number of rotatable bonds is 4. The highest BCUT2D eigenvalue weighted by Crippen LogP contribution is 2.20. The number of benzene rings is 1. The van der Waals surface area contributed by atoms with E-state index in [1.54, 1.807) is 11.0 Å². The molecule has 1 fully saturated rings. The van der Waals surface area contributed by atoms with Crippen LogP contribution in [0.2, 0.25) is 0 Å². The first kappa shape index (κ1) is 15.7. The number of hydrogen-bond acceptors (Lipinski definition) is 2. The van der Waals surface area contributed by atoms with Crippen molar-refractivity contribution in [3.63, 3.8) is 0 Å². The van der Waals surface area contributed by atoms with Crippen molar-refractivity contribution in [3.05, 3.63) is 34.1 Å². The summed E-state index contributed by atoms with van der Waals surface area (Å²) in [6.07, 6.45) is 1.68. The van der Waals surface area contributed by atoms with E-state index < -0.39 is 5.82 Å². The van der Waals surface area contributed by atoms with Gasteiger partial charge in [-0.2, -0.15) is 0 Å². The Bertz CT molecular complexity index is 478. The third-order valence-electron chi connectivity index (χ3n) is 3.32. The van der Waals surface area contributed by atoms with Gasteiger partial charge in [0.2, 0.25) is 0 Å². The molecular formula is C14H16BrClFNO2. The molecule has 0 aromatic heterocycles. The number of likely N-dealkylation sites (tertiary alicyclic amines) is 1. The van der Waals surface area contributed by atoms with Gasteiger partial charge in [0.25, 0.3) is 5.91 Å². The Morgan fingerprint density at radius 1 is 1.45 bits per heavy atom. The highest BCUT2D eigenvalue weighted by molar-refractivity contribution is 9.10. The standard InChI is InChI=1S/C14H16BrClFNO2/c15-10-1-2-12(13(17)9-10)14(19)18-6-3-11(4-7-18)20-8-5-16/h1-2,9,11H,3-8H2. The van der Waals surface area contributed by atoms with E-state index in [0.717, 1.165) is 12.8 Å². The van der Waals surface area contributed by atoms with E-state index in [9.17, 15) is 9.18 Å². The minimum atomic E-state index is -0.495. The topological polar surface area (TPSA) is 29.5 Å². The molecular weight excluding hydrogens is 349 g/mol. The fourth-order valence-electron chi connectivity index (χ4n) is 2.27. The predicted octanol–water partition coefficient (Wildman–Crippen LogP) is 3.45. The van der Waals surface area contributed by atoms with E-state index in [1.165, 1.54) is 12.1 Å². The van der Waals surface area contributed by atoms with Crippen molar-refractivity contribution < 1.29 is 13.9 Å². The highest BCUT2D eigenvalue weighted by atomic mass is 79.9. The molecule has 0 radical (unpaired) electrons. The third-order valence-corrected chi connectivity index (χ3v) is 3.97. The lowest BCUT2D eigenvalue weighted by atomic mass is 10.1. The number of hydrogen-bond donors (Lipinski definition) is 0. The van der Waals surface area contributed by atoms with Crippen LogP contribution >= 0.6 is 27.5 Å². The summed E-state index contributed by atoms with van der Waals surface area (Å²) in [5.41, 5.74) is 0.119. The number of nitrogens with zero attached hydrogens (tertiary/aromatic N) is 1. The maximum absolute atomic E-state index is 13.8. The molecule has 1 heterocycles. The number of alkyl halides is 1. The van der Waals surface area contributed by atoms with Crippen LogP contribution in [0.15, 0.2) is 22.7 Å². The Morgan fingerprint density at radius 2 is 2.15 bits per heavy atom. The zero-order valence-corrected chi connectivity index (χ0v) is 13.3. The van der Waals surface area contributed by atoms with Gasteiger partial charge < -0.3 is 9.64 Å². The summed E-state index contributed by atoms with van der Waals surface area (Å²) in [4.78, 5) is 13.9. The van der Waals surface area contributed by atoms with Crippen molar-refractivity contribution in [1.82, 2.24) is 4.90 Å². The molecule has 20 heavy (non-hydrogen) atoms. The van der Waals surface area contributed by atoms with Crippen LogP contribution in [0.25, 0.3) is 0 Å². The summed E-state index contributed by atoms with van der Waals surface area (Å²) in [5.74, 6) is -0.279. The van der Waals surface area contributed by atoms with Crippen LogP contribution in [0.3, 0.4) is 0 Å². The van der Waals surface area contributed by atoms with Gasteiger partial charge in [-0.15, -0.1) is 11.6 Å². The highest BCUT2D eigenvalue weighted by Gasteiger charge is 2.25. The van der Waals surface area contributed by atoms with Crippen molar-refractivity contribution in [2.45, 2.75) is 18.9 Å². The fourth-order valence-corrected chi connectivity index (χ4v) is 2.69. The van der Waals surface area contributed by atoms with Crippen molar-refractivity contribution in [1.29, 1.82) is 0 Å².